The van der Waals surface area contributed by atoms with Crippen LogP contribution in [-0.2, 0) is 0 Å². The number of hydrogen-bond donors (Lipinski definition) is 1. The molecule has 0 aromatic heterocycles. The molecule has 0 heterocycles. The fourth-order valence-corrected chi connectivity index (χ4v) is 2.44. The number of ether oxygens (including phenoxy) is 1. The topological polar surface area (TPSA) is 38.5 Å². The van der Waals surface area contributed by atoms with E-state index >= 15 is 0 Å². The first-order chi connectivity index (χ1) is 9.13. The minimum Gasteiger partial charge on any atom is -0.494 e. The van der Waals surface area contributed by atoms with Gasteiger partial charge in [0, 0.05) is 18.6 Å². The first kappa shape index (κ1) is 16.0. The Morgan fingerprint density at radius 2 is 2.05 bits per heavy atom. The van der Waals surface area contributed by atoms with Gasteiger partial charge >= 0.3 is 0 Å². The lowest BCUT2D eigenvalue weighted by molar-refractivity contribution is 0.179. The predicted octanol–water partition coefficient (Wildman–Crippen LogP) is 3.21. The summed E-state index contributed by atoms with van der Waals surface area (Å²) in [6, 6.07) is 9.07. The van der Waals surface area contributed by atoms with Crippen LogP contribution in [0.3, 0.4) is 0 Å². The van der Waals surface area contributed by atoms with E-state index in [0.717, 1.165) is 5.75 Å². The van der Waals surface area contributed by atoms with Gasteiger partial charge < -0.3 is 10.5 Å². The van der Waals surface area contributed by atoms with Crippen LogP contribution in [0.25, 0.3) is 0 Å². The molecule has 0 aliphatic carbocycles. The summed E-state index contributed by atoms with van der Waals surface area (Å²) in [6.45, 7) is 7.80. The second-order valence-corrected chi connectivity index (χ2v) is 5.06. The van der Waals surface area contributed by atoms with Crippen molar-refractivity contribution >= 4 is 0 Å². The summed E-state index contributed by atoms with van der Waals surface area (Å²) < 4.78 is 5.57. The highest BCUT2D eigenvalue weighted by molar-refractivity contribution is 5.31. The van der Waals surface area contributed by atoms with Gasteiger partial charge in [-0.25, -0.2) is 0 Å². The number of rotatable bonds is 8. The van der Waals surface area contributed by atoms with Crippen molar-refractivity contribution < 1.29 is 4.74 Å². The number of likely N-dealkylation sites (N-methyl/N-ethyl adjacent to an activating group) is 1. The molecule has 0 bridgehead atoms. The van der Waals surface area contributed by atoms with Gasteiger partial charge in [-0.15, -0.1) is 0 Å². The van der Waals surface area contributed by atoms with Gasteiger partial charge in [0.15, 0.2) is 0 Å². The zero-order chi connectivity index (χ0) is 14.3. The van der Waals surface area contributed by atoms with E-state index in [1.165, 1.54) is 18.4 Å². The molecule has 1 aromatic rings. The van der Waals surface area contributed by atoms with Gasteiger partial charge in [0.2, 0.25) is 0 Å². The van der Waals surface area contributed by atoms with E-state index in [9.17, 15) is 0 Å². The smallest absolute Gasteiger partial charge is 0.119 e. The number of benzene rings is 1. The number of hydrogen-bond acceptors (Lipinski definition) is 3. The summed E-state index contributed by atoms with van der Waals surface area (Å²) in [6.07, 6.45) is 2.39. The van der Waals surface area contributed by atoms with Crippen molar-refractivity contribution in [2.75, 3.05) is 20.2 Å². The maximum atomic E-state index is 5.98. The number of nitrogens with two attached hydrogens (primary N) is 1. The van der Waals surface area contributed by atoms with Crippen molar-refractivity contribution in [1.82, 2.24) is 4.90 Å². The molecule has 0 amide bonds. The number of nitrogens with zero attached hydrogens (tertiary/aromatic N) is 1. The van der Waals surface area contributed by atoms with Crippen LogP contribution < -0.4 is 10.5 Å². The van der Waals surface area contributed by atoms with Gasteiger partial charge in [0.05, 0.1) is 6.61 Å². The lowest BCUT2D eigenvalue weighted by Crippen LogP contribution is -2.37. The fourth-order valence-electron chi connectivity index (χ4n) is 2.44. The molecule has 1 aromatic carbocycles. The minimum atomic E-state index is 0.252. The van der Waals surface area contributed by atoms with E-state index in [1.807, 2.05) is 19.1 Å². The van der Waals surface area contributed by atoms with Crippen molar-refractivity contribution in [1.29, 1.82) is 0 Å². The summed E-state index contributed by atoms with van der Waals surface area (Å²) in [5, 5.41) is 0. The van der Waals surface area contributed by atoms with Crippen molar-refractivity contribution in [3.8, 4) is 5.75 Å². The van der Waals surface area contributed by atoms with Crippen LogP contribution in [0.2, 0.25) is 0 Å². The summed E-state index contributed by atoms with van der Waals surface area (Å²) in [7, 11) is 2.16. The van der Waals surface area contributed by atoms with E-state index in [1.54, 1.807) is 0 Å². The third kappa shape index (κ3) is 4.51. The van der Waals surface area contributed by atoms with Gasteiger partial charge in [-0.05, 0) is 45.0 Å². The van der Waals surface area contributed by atoms with E-state index in [-0.39, 0.29) is 6.04 Å². The third-order valence-corrected chi connectivity index (χ3v) is 3.67. The Balaban J connectivity index is 2.86. The van der Waals surface area contributed by atoms with Crippen molar-refractivity contribution in [3.63, 3.8) is 0 Å². The van der Waals surface area contributed by atoms with Crippen LogP contribution in [-0.4, -0.2) is 31.1 Å². The molecule has 3 heteroatoms. The van der Waals surface area contributed by atoms with E-state index in [4.69, 9.17) is 10.5 Å². The van der Waals surface area contributed by atoms with Gasteiger partial charge in [-0.2, -0.15) is 0 Å². The molecule has 0 aliphatic rings. The summed E-state index contributed by atoms with van der Waals surface area (Å²) in [4.78, 5) is 2.37. The van der Waals surface area contributed by atoms with E-state index < -0.39 is 0 Å². The predicted molar refractivity (Wildman–Crippen MR) is 81.5 cm³/mol. The van der Waals surface area contributed by atoms with Crippen molar-refractivity contribution in [2.24, 2.45) is 5.73 Å². The fraction of sp³-hybridized carbons (Fsp3) is 0.625. The Morgan fingerprint density at radius 3 is 2.63 bits per heavy atom. The van der Waals surface area contributed by atoms with Crippen LogP contribution in [0, 0.1) is 0 Å². The first-order valence-electron chi connectivity index (χ1n) is 7.28. The highest BCUT2D eigenvalue weighted by Gasteiger charge is 2.20. The van der Waals surface area contributed by atoms with Crippen LogP contribution in [0.15, 0.2) is 24.3 Å². The van der Waals surface area contributed by atoms with Gasteiger partial charge in [0.25, 0.3) is 0 Å². The lowest BCUT2D eigenvalue weighted by Gasteiger charge is -2.33. The van der Waals surface area contributed by atoms with Crippen molar-refractivity contribution in [2.45, 2.75) is 45.7 Å². The maximum absolute atomic E-state index is 5.98. The van der Waals surface area contributed by atoms with E-state index in [0.29, 0.717) is 19.2 Å². The molecule has 2 atom stereocenters. The van der Waals surface area contributed by atoms with Gasteiger partial charge in [-0.3, -0.25) is 4.90 Å². The summed E-state index contributed by atoms with van der Waals surface area (Å²) >= 11 is 0. The molecule has 0 spiro atoms. The highest BCUT2D eigenvalue weighted by Crippen LogP contribution is 2.25. The SMILES string of the molecule is CCCC(C)N(C)C(CN)c1cccc(OCC)c1. The molecule has 0 radical (unpaired) electrons. The maximum Gasteiger partial charge on any atom is 0.119 e. The average Bonchev–Trinajstić information content (AvgIpc) is 2.40. The lowest BCUT2D eigenvalue weighted by atomic mass is 10.0. The second kappa shape index (κ2) is 8.18. The minimum absolute atomic E-state index is 0.252. The molecule has 3 nitrogen and oxygen atoms in total. The molecule has 0 aliphatic heterocycles. The van der Waals surface area contributed by atoms with Gasteiger partial charge in [-0.1, -0.05) is 25.5 Å². The normalized spacial score (nSPS) is 14.4. The molecular formula is C16H28N2O. The quantitative estimate of drug-likeness (QED) is 0.783. The average molecular weight is 264 g/mol. The largest absolute Gasteiger partial charge is 0.494 e. The molecule has 0 fully saturated rings. The third-order valence-electron chi connectivity index (χ3n) is 3.67. The highest BCUT2D eigenvalue weighted by atomic mass is 16.5. The Labute approximate surface area is 117 Å². The molecule has 1 rings (SSSR count). The molecular weight excluding hydrogens is 236 g/mol. The zero-order valence-electron chi connectivity index (χ0n) is 12.7. The van der Waals surface area contributed by atoms with Crippen molar-refractivity contribution in [3.05, 3.63) is 29.8 Å². The molecule has 0 saturated carbocycles. The Morgan fingerprint density at radius 1 is 1.32 bits per heavy atom. The Bertz CT molecular complexity index is 368. The van der Waals surface area contributed by atoms with Crippen LogP contribution in [0.5, 0.6) is 5.75 Å². The monoisotopic (exact) mass is 264 g/mol. The summed E-state index contributed by atoms with van der Waals surface area (Å²) in [5.74, 6) is 0.926. The zero-order valence-corrected chi connectivity index (χ0v) is 12.7. The molecule has 0 saturated heterocycles. The Kier molecular flexibility index (Phi) is 6.89. The van der Waals surface area contributed by atoms with Crippen LogP contribution in [0.4, 0.5) is 0 Å². The molecule has 2 N–H and O–H groups in total. The van der Waals surface area contributed by atoms with Crippen LogP contribution in [0.1, 0.15) is 45.2 Å². The standard InChI is InChI=1S/C16H28N2O/c1-5-8-13(3)18(4)16(12-17)14-9-7-10-15(11-14)19-6-2/h7,9-11,13,16H,5-6,8,12,17H2,1-4H3. The van der Waals surface area contributed by atoms with Crippen LogP contribution >= 0.6 is 0 Å². The Hall–Kier alpha value is -1.06. The first-order valence-corrected chi connectivity index (χ1v) is 7.28. The second-order valence-electron chi connectivity index (χ2n) is 5.06. The molecule has 2 unspecified atom stereocenters. The molecule has 108 valence electrons. The molecule has 19 heavy (non-hydrogen) atoms. The summed E-state index contributed by atoms with van der Waals surface area (Å²) in [5.41, 5.74) is 7.22. The van der Waals surface area contributed by atoms with E-state index in [2.05, 4.69) is 37.9 Å². The van der Waals surface area contributed by atoms with Gasteiger partial charge in [0.1, 0.15) is 5.75 Å².